The SMILES string of the molecule is C/C=C(/C=O)C(CC=O)CC(=O)OCCc1ccc(O)c(O)c1.COC(=O)C1=COC(C)C(C=O)C1CC(=O)OCCc1ccc(O)c(O)c1.COc1cc(C(=O)O)ccc1O.C[B]OC1OCCC(CC(=O)OCCc2ccc(O)c(O)c2)/C1=C\C.O=C(O)/C=C/c1ccc(O)c(O)c1.O=C(O)c1ccc(O)cc1.OCCc1ccc(O)c(O)c1.OCCc1ccc(O)cc1. The van der Waals surface area contributed by atoms with Gasteiger partial charge in [-0.3, -0.25) is 19.2 Å². The maximum Gasteiger partial charge on any atom is 0.337 e. The van der Waals surface area contributed by atoms with E-state index in [2.05, 4.69) is 0 Å². The van der Waals surface area contributed by atoms with Crippen molar-refractivity contribution in [3.63, 3.8) is 0 Å². The van der Waals surface area contributed by atoms with Crippen LogP contribution in [0.3, 0.4) is 0 Å². The topological polar surface area (TPSA) is 609 Å². The van der Waals surface area contributed by atoms with Crippen LogP contribution in [-0.4, -0.2) is 226 Å². The summed E-state index contributed by atoms with van der Waals surface area (Å²) in [7, 11) is 4.15. The van der Waals surface area contributed by atoms with E-state index in [0.29, 0.717) is 79.8 Å². The molecule has 6 unspecified atom stereocenters. The van der Waals surface area contributed by atoms with Gasteiger partial charge in [0, 0.05) is 56.8 Å². The maximum atomic E-state index is 12.2. The summed E-state index contributed by atoms with van der Waals surface area (Å²) in [6.45, 7) is 8.16. The predicted molar refractivity (Wildman–Crippen MR) is 472 cm³/mol. The molecule has 8 aromatic carbocycles. The predicted octanol–water partition coefficient (Wildman–Crippen LogP) is 10.9. The Bertz CT molecular complexity index is 5120. The van der Waals surface area contributed by atoms with Gasteiger partial charge in [-0.1, -0.05) is 61.4 Å². The summed E-state index contributed by atoms with van der Waals surface area (Å²) < 4.78 is 41.3. The number of aromatic hydroxyl groups is 13. The first kappa shape index (κ1) is 110. The van der Waals surface area contributed by atoms with Crippen molar-refractivity contribution in [2.45, 2.75) is 104 Å². The van der Waals surface area contributed by atoms with Crippen LogP contribution in [0.5, 0.6) is 80.5 Å². The van der Waals surface area contributed by atoms with Crippen molar-refractivity contribution in [2.75, 3.05) is 53.9 Å². The number of aliphatic carboxylic acids is 1. The van der Waals surface area contributed by atoms with Crippen LogP contribution in [0.4, 0.5) is 0 Å². The van der Waals surface area contributed by atoms with Gasteiger partial charge in [0.05, 0.1) is 88.8 Å². The Morgan fingerprint density at radius 1 is 0.511 bits per heavy atom. The average molecular weight is 1820 g/mol. The smallest absolute Gasteiger partial charge is 0.337 e. The van der Waals surface area contributed by atoms with E-state index in [1.54, 1.807) is 82.8 Å². The van der Waals surface area contributed by atoms with E-state index in [4.69, 9.17) is 99.1 Å². The quantitative estimate of drug-likeness (QED) is 0.00354. The molecule has 1 saturated heterocycles. The molecule has 0 amide bonds. The number of hydrogen-bond donors (Lipinski definition) is 18. The molecule has 10 rings (SSSR count). The summed E-state index contributed by atoms with van der Waals surface area (Å²) >= 11 is 0. The summed E-state index contributed by atoms with van der Waals surface area (Å²) in [5.41, 5.74) is 6.28. The van der Waals surface area contributed by atoms with Gasteiger partial charge in [0.2, 0.25) is 0 Å². The van der Waals surface area contributed by atoms with Crippen LogP contribution < -0.4 is 4.74 Å². The fraction of sp³-hybridized carbons (Fsp3) is 0.298. The van der Waals surface area contributed by atoms with E-state index < -0.39 is 66.0 Å². The number of carbonyl (C=O) groups is 10. The summed E-state index contributed by atoms with van der Waals surface area (Å²) in [6.07, 6.45) is 11.3. The molecule has 2 heterocycles. The molecule has 1 radical (unpaired) electrons. The molecule has 0 bridgehead atoms. The molecule has 8 aromatic rings. The third kappa shape index (κ3) is 41.1. The van der Waals surface area contributed by atoms with E-state index in [1.165, 1.54) is 136 Å². The lowest BCUT2D eigenvalue weighted by Crippen LogP contribution is -2.37. The fourth-order valence-corrected chi connectivity index (χ4v) is 11.8. The van der Waals surface area contributed by atoms with Gasteiger partial charge in [0.1, 0.15) is 36.5 Å². The third-order valence-corrected chi connectivity index (χ3v) is 18.8. The zero-order valence-corrected chi connectivity index (χ0v) is 72.4. The highest BCUT2D eigenvalue weighted by molar-refractivity contribution is 6.24. The first-order valence-electron chi connectivity index (χ1n) is 40.1. The standard InChI is InChI=1S/C19H22O8.C18H24BO6.C17H20O6.C9H8O4.C8H8O4.C8H10O3.C8H10O2.C7H6O3/c1-11-14(9-20)13(15(10-27-11)19(24)25-2)8-18(23)26-6-5-12-3-4-16(21)17(22)7-12;1-3-14-13(7-9-24-18(14)25-19-2)11-17(22)23-8-6-12-4-5-15(20)16(21)10-12;1-2-13(11-19)14(5-7-18)10-17(22)23-8-6-12-3-4-15(20)16(21)9-12;10-7-3-1-6(5-8(7)11)2-4-9(12)13;1-12-7-4-5(8(10)11)2-3-6(7)9;9-4-3-6-1-2-7(10)8(11)5-6;9-6-5-7-1-3-8(10)4-2-7;8-6-3-1-5(2-4-6)7(9)10/h3-4,7,9-11,13-14,21-22H,5-6,8H2,1-2H3;3-5,10,13,18,20-21H,6-9,11H2,1-2H3;2-4,7,9,11,14,20-21H,5-6,8,10H2,1H3;1-5,10-11H,(H,12,13);2-4,9H,1H3,(H,10,11);1-2,5,9-11H,3-4H2;1-4,9-10H,5-6H2;1-4,8H,(H,9,10)/b;14-3+;13-2-;4-2+;;;;. The lowest BCUT2D eigenvalue weighted by atomic mass is 9.80. The number of carbonyl (C=O) groups excluding carboxylic acids is 7. The van der Waals surface area contributed by atoms with Crippen molar-refractivity contribution in [1.29, 1.82) is 0 Å². The van der Waals surface area contributed by atoms with Crippen LogP contribution in [0.1, 0.15) is 107 Å². The van der Waals surface area contributed by atoms with E-state index in [1.807, 2.05) is 13.0 Å². The molecule has 131 heavy (non-hydrogen) atoms. The molecule has 1 fully saturated rings. The Hall–Kier alpha value is -15.1. The number of phenols is 13. The van der Waals surface area contributed by atoms with Crippen LogP contribution in [0.25, 0.3) is 6.08 Å². The number of rotatable bonds is 32. The number of aliphatic hydroxyl groups excluding tert-OH is 2. The minimum absolute atomic E-state index is 0.0437. The monoisotopic (exact) mass is 1820 g/mol. The number of methoxy groups -OCH3 is 2. The Kier molecular flexibility index (Phi) is 50.3. The largest absolute Gasteiger partial charge is 0.508 e. The van der Waals surface area contributed by atoms with Crippen LogP contribution in [0.15, 0.2) is 199 Å². The zero-order valence-electron chi connectivity index (χ0n) is 72.4. The summed E-state index contributed by atoms with van der Waals surface area (Å²) in [5.74, 6) is -8.50. The van der Waals surface area contributed by atoms with Gasteiger partial charge in [-0.25, -0.2) is 19.2 Å². The molecular formula is C94H108BO36. The normalized spacial score (nSPS) is 15.0. The fourth-order valence-electron chi connectivity index (χ4n) is 11.8. The second-order valence-electron chi connectivity index (χ2n) is 28.0. The minimum Gasteiger partial charge on any atom is -0.508 e. The maximum absolute atomic E-state index is 12.2. The van der Waals surface area contributed by atoms with E-state index in [0.717, 1.165) is 34.8 Å². The second-order valence-corrected chi connectivity index (χ2v) is 28.0. The van der Waals surface area contributed by atoms with Gasteiger partial charge in [-0.05, 0) is 212 Å². The lowest BCUT2D eigenvalue weighted by molar-refractivity contribution is -0.147. The van der Waals surface area contributed by atoms with Crippen molar-refractivity contribution in [1.82, 2.24) is 0 Å². The first-order chi connectivity index (χ1) is 62.4. The van der Waals surface area contributed by atoms with Crippen molar-refractivity contribution < 1.29 is 178 Å². The Labute approximate surface area is 754 Å². The number of ether oxygens (including phenoxy) is 7. The van der Waals surface area contributed by atoms with Gasteiger partial charge in [0.15, 0.2) is 75.3 Å². The average Bonchev–Trinajstić information content (AvgIpc) is 0.806. The number of aliphatic hydroxyl groups is 2. The summed E-state index contributed by atoms with van der Waals surface area (Å²) in [6, 6.07) is 37.8. The number of esters is 4. The number of phenolic OH excluding ortho intramolecular Hbond substituents is 13. The molecule has 18 N–H and O–H groups in total. The third-order valence-electron chi connectivity index (χ3n) is 18.8. The summed E-state index contributed by atoms with van der Waals surface area (Å²) in [4.78, 5) is 112. The van der Waals surface area contributed by atoms with Gasteiger partial charge in [-0.2, -0.15) is 0 Å². The van der Waals surface area contributed by atoms with Gasteiger partial charge < -0.3 is 139 Å². The van der Waals surface area contributed by atoms with Crippen LogP contribution in [-0.2, 0) is 104 Å². The zero-order chi connectivity index (χ0) is 97.7. The van der Waals surface area contributed by atoms with E-state index in [9.17, 15) is 78.6 Å². The molecule has 2 aliphatic rings. The molecular weight excluding hydrogens is 1720 g/mol. The Morgan fingerprint density at radius 3 is 1.36 bits per heavy atom. The molecule has 37 heteroatoms. The highest BCUT2D eigenvalue weighted by atomic mass is 16.7. The first-order valence-corrected chi connectivity index (χ1v) is 40.1. The van der Waals surface area contributed by atoms with Gasteiger partial charge >= 0.3 is 41.8 Å². The van der Waals surface area contributed by atoms with Gasteiger partial charge in [-0.15, -0.1) is 0 Å². The van der Waals surface area contributed by atoms with Crippen molar-refractivity contribution in [2.24, 2.45) is 23.7 Å². The molecule has 2 aliphatic heterocycles. The molecule has 703 valence electrons. The number of benzene rings is 8. The summed E-state index contributed by atoms with van der Waals surface area (Å²) in [5, 5.41) is 161. The lowest BCUT2D eigenvalue weighted by Gasteiger charge is -2.32. The van der Waals surface area contributed by atoms with Crippen molar-refractivity contribution in [3.05, 3.63) is 243 Å². The molecule has 0 aromatic heterocycles. The van der Waals surface area contributed by atoms with Crippen molar-refractivity contribution >= 4 is 74.2 Å². The van der Waals surface area contributed by atoms with Crippen LogP contribution >= 0.6 is 0 Å². The number of carboxylic acid groups (broad SMARTS) is 3. The number of aromatic carboxylic acids is 2. The highest BCUT2D eigenvalue weighted by Gasteiger charge is 2.39. The van der Waals surface area contributed by atoms with E-state index in [-0.39, 0.29) is 168 Å². The Balaban J connectivity index is 0.000000397. The minimum atomic E-state index is -1.06. The number of allylic oxidation sites excluding steroid dienone is 3. The molecule has 0 saturated carbocycles. The van der Waals surface area contributed by atoms with Crippen LogP contribution in [0.2, 0.25) is 6.82 Å². The second kappa shape index (κ2) is 59.8. The molecule has 36 nitrogen and oxygen atoms in total. The van der Waals surface area contributed by atoms with Crippen LogP contribution in [0, 0.1) is 23.7 Å². The molecule has 0 spiro atoms. The number of hydrogen-bond acceptors (Lipinski definition) is 33. The van der Waals surface area contributed by atoms with E-state index >= 15 is 0 Å². The Morgan fingerprint density at radius 2 is 0.947 bits per heavy atom. The number of carboxylic acids is 3. The molecule has 0 aliphatic carbocycles. The number of aldehydes is 3. The molecule has 6 atom stereocenters. The highest BCUT2D eigenvalue weighted by Crippen LogP contribution is 2.36. The van der Waals surface area contributed by atoms with Gasteiger partial charge in [0.25, 0.3) is 7.48 Å². The van der Waals surface area contributed by atoms with Crippen molar-refractivity contribution in [3.8, 4) is 80.5 Å².